The summed E-state index contributed by atoms with van der Waals surface area (Å²) in [4.78, 5) is 11.9. The number of nitrogens with one attached hydrogen (secondary N) is 1. The van der Waals surface area contributed by atoms with Crippen molar-refractivity contribution >= 4 is 5.91 Å². The van der Waals surface area contributed by atoms with Crippen molar-refractivity contribution in [2.45, 2.75) is 39.8 Å². The number of hydrogen-bond acceptors (Lipinski definition) is 3. The molecule has 19 heavy (non-hydrogen) atoms. The molecule has 2 rings (SSSR count). The highest BCUT2D eigenvalue weighted by molar-refractivity contribution is 5.76. The van der Waals surface area contributed by atoms with Crippen LogP contribution in [0.2, 0.25) is 0 Å². The smallest absolute Gasteiger partial charge is 0.222 e. The molecule has 2 aromatic heterocycles. The second kappa shape index (κ2) is 5.73. The van der Waals surface area contributed by atoms with E-state index in [1.807, 2.05) is 39.1 Å². The average Bonchev–Trinajstić information content (AvgIpc) is 2.96. The molecule has 0 bridgehead atoms. The molecular weight excluding hydrogens is 242 g/mol. The van der Waals surface area contributed by atoms with Crippen molar-refractivity contribution in [1.29, 1.82) is 0 Å². The molecule has 0 aromatic carbocycles. The van der Waals surface area contributed by atoms with Crippen LogP contribution < -0.4 is 5.32 Å². The quantitative estimate of drug-likeness (QED) is 0.898. The summed E-state index contributed by atoms with van der Waals surface area (Å²) in [6.45, 7) is 6.37. The van der Waals surface area contributed by atoms with Crippen LogP contribution in [0.25, 0.3) is 0 Å². The highest BCUT2D eigenvalue weighted by Gasteiger charge is 2.14. The first-order chi connectivity index (χ1) is 9.06. The van der Waals surface area contributed by atoms with Crippen LogP contribution in [0.15, 0.2) is 28.9 Å². The van der Waals surface area contributed by atoms with E-state index in [0.717, 1.165) is 17.1 Å². The van der Waals surface area contributed by atoms with Gasteiger partial charge < -0.3 is 9.73 Å². The Morgan fingerprint density at radius 2 is 2.32 bits per heavy atom. The lowest BCUT2D eigenvalue weighted by atomic mass is 10.1. The number of rotatable bonds is 5. The fourth-order valence-electron chi connectivity index (χ4n) is 2.12. The molecule has 102 valence electrons. The molecule has 1 unspecified atom stereocenters. The van der Waals surface area contributed by atoms with Crippen molar-refractivity contribution in [2.75, 3.05) is 0 Å². The first kappa shape index (κ1) is 13.4. The zero-order valence-corrected chi connectivity index (χ0v) is 11.5. The van der Waals surface area contributed by atoms with Crippen LogP contribution in [0.4, 0.5) is 0 Å². The molecule has 2 heterocycles. The topological polar surface area (TPSA) is 60.1 Å². The molecule has 0 radical (unpaired) electrons. The number of carbonyl (C=O) groups excluding carboxylic acids is 1. The Balaban J connectivity index is 1.86. The summed E-state index contributed by atoms with van der Waals surface area (Å²) in [5, 5.41) is 7.04. The molecule has 1 amide bonds. The Hall–Kier alpha value is -2.04. The number of aromatic nitrogens is 2. The van der Waals surface area contributed by atoms with Crippen LogP contribution >= 0.6 is 0 Å². The summed E-state index contributed by atoms with van der Waals surface area (Å²) in [5.74, 6) is 1.74. The van der Waals surface area contributed by atoms with Crippen LogP contribution in [-0.2, 0) is 11.3 Å². The van der Waals surface area contributed by atoms with Crippen molar-refractivity contribution in [2.24, 2.45) is 0 Å². The van der Waals surface area contributed by atoms with E-state index < -0.39 is 0 Å². The maximum atomic E-state index is 11.9. The van der Waals surface area contributed by atoms with Crippen molar-refractivity contribution in [1.82, 2.24) is 15.1 Å². The monoisotopic (exact) mass is 261 g/mol. The van der Waals surface area contributed by atoms with Crippen LogP contribution in [0, 0.1) is 13.8 Å². The standard InChI is InChI=1S/C14H19N3O2/c1-10-9-13(12(3)19-10)11(2)16-14(18)5-8-17-7-4-6-15-17/h4,6-7,9,11H,5,8H2,1-3H3,(H,16,18). The fraction of sp³-hybridized carbons (Fsp3) is 0.429. The minimum atomic E-state index is -0.0393. The van der Waals surface area contributed by atoms with Crippen molar-refractivity contribution in [3.63, 3.8) is 0 Å². The first-order valence-corrected chi connectivity index (χ1v) is 6.40. The zero-order valence-electron chi connectivity index (χ0n) is 11.5. The molecule has 0 aliphatic carbocycles. The van der Waals surface area contributed by atoms with Crippen molar-refractivity contribution in [3.05, 3.63) is 41.6 Å². The third-order valence-electron chi connectivity index (χ3n) is 3.05. The zero-order chi connectivity index (χ0) is 13.8. The van der Waals surface area contributed by atoms with Gasteiger partial charge in [0.15, 0.2) is 0 Å². The molecule has 2 aromatic rings. The second-order valence-corrected chi connectivity index (χ2v) is 4.68. The summed E-state index contributed by atoms with van der Waals surface area (Å²) in [5.41, 5.74) is 1.03. The molecule has 0 saturated carbocycles. The van der Waals surface area contributed by atoms with Gasteiger partial charge in [-0.15, -0.1) is 0 Å². The van der Waals surface area contributed by atoms with Crippen LogP contribution in [0.3, 0.4) is 0 Å². The summed E-state index contributed by atoms with van der Waals surface area (Å²) < 4.78 is 7.22. The van der Waals surface area contributed by atoms with Gasteiger partial charge in [-0.2, -0.15) is 5.10 Å². The predicted octanol–water partition coefficient (Wildman–Crippen LogP) is 2.36. The lowest BCUT2D eigenvalue weighted by Crippen LogP contribution is -2.27. The third-order valence-corrected chi connectivity index (χ3v) is 3.05. The van der Waals surface area contributed by atoms with Gasteiger partial charge in [0.1, 0.15) is 11.5 Å². The number of hydrogen-bond donors (Lipinski definition) is 1. The average molecular weight is 261 g/mol. The molecule has 0 spiro atoms. The number of furan rings is 1. The van der Waals surface area contributed by atoms with Gasteiger partial charge in [-0.25, -0.2) is 0 Å². The van der Waals surface area contributed by atoms with E-state index in [-0.39, 0.29) is 11.9 Å². The summed E-state index contributed by atoms with van der Waals surface area (Å²) >= 11 is 0. The van der Waals surface area contributed by atoms with E-state index in [9.17, 15) is 4.79 Å². The summed E-state index contributed by atoms with van der Waals surface area (Å²) in [6, 6.07) is 3.77. The summed E-state index contributed by atoms with van der Waals surface area (Å²) in [6.07, 6.45) is 3.97. The number of amides is 1. The fourth-order valence-corrected chi connectivity index (χ4v) is 2.12. The summed E-state index contributed by atoms with van der Waals surface area (Å²) in [7, 11) is 0. The van der Waals surface area contributed by atoms with Crippen molar-refractivity contribution < 1.29 is 9.21 Å². The minimum absolute atomic E-state index is 0.0150. The lowest BCUT2D eigenvalue weighted by molar-refractivity contribution is -0.122. The molecule has 1 N–H and O–H groups in total. The minimum Gasteiger partial charge on any atom is -0.466 e. The lowest BCUT2D eigenvalue weighted by Gasteiger charge is -2.13. The molecule has 1 atom stereocenters. The first-order valence-electron chi connectivity index (χ1n) is 6.40. The number of nitrogens with zero attached hydrogens (tertiary/aromatic N) is 2. The van der Waals surface area contributed by atoms with E-state index in [2.05, 4.69) is 10.4 Å². The van der Waals surface area contributed by atoms with Crippen LogP contribution in [0.1, 0.15) is 36.5 Å². The van der Waals surface area contributed by atoms with Gasteiger partial charge in [0.05, 0.1) is 6.04 Å². The Kier molecular flexibility index (Phi) is 4.04. The maximum absolute atomic E-state index is 11.9. The van der Waals surface area contributed by atoms with E-state index in [1.165, 1.54) is 0 Å². The molecule has 0 saturated heterocycles. The molecule has 5 heteroatoms. The van der Waals surface area contributed by atoms with Crippen LogP contribution in [-0.4, -0.2) is 15.7 Å². The highest BCUT2D eigenvalue weighted by Crippen LogP contribution is 2.21. The Labute approximate surface area is 112 Å². The van der Waals surface area contributed by atoms with E-state index in [4.69, 9.17) is 4.42 Å². The van der Waals surface area contributed by atoms with E-state index in [1.54, 1.807) is 10.9 Å². The maximum Gasteiger partial charge on any atom is 0.222 e. The Bertz CT molecular complexity index is 543. The van der Waals surface area contributed by atoms with Gasteiger partial charge in [-0.3, -0.25) is 9.48 Å². The SMILES string of the molecule is Cc1cc(C(C)NC(=O)CCn2cccn2)c(C)o1. The van der Waals surface area contributed by atoms with E-state index >= 15 is 0 Å². The molecule has 0 aliphatic heterocycles. The Morgan fingerprint density at radius 3 is 2.89 bits per heavy atom. The van der Waals surface area contributed by atoms with Gasteiger partial charge in [0.25, 0.3) is 0 Å². The molecule has 0 fully saturated rings. The van der Waals surface area contributed by atoms with Gasteiger partial charge in [-0.1, -0.05) is 0 Å². The van der Waals surface area contributed by atoms with Gasteiger partial charge in [-0.05, 0) is 32.9 Å². The van der Waals surface area contributed by atoms with Gasteiger partial charge in [0.2, 0.25) is 5.91 Å². The normalized spacial score (nSPS) is 12.4. The third kappa shape index (κ3) is 3.47. The molecular formula is C14H19N3O2. The van der Waals surface area contributed by atoms with Crippen molar-refractivity contribution in [3.8, 4) is 0 Å². The molecule has 5 nitrogen and oxygen atoms in total. The van der Waals surface area contributed by atoms with Gasteiger partial charge in [0, 0.05) is 30.9 Å². The number of aryl methyl sites for hydroxylation is 3. The van der Waals surface area contributed by atoms with Gasteiger partial charge >= 0.3 is 0 Å². The Morgan fingerprint density at radius 1 is 1.53 bits per heavy atom. The van der Waals surface area contributed by atoms with Crippen LogP contribution in [0.5, 0.6) is 0 Å². The second-order valence-electron chi connectivity index (χ2n) is 4.68. The van der Waals surface area contributed by atoms with E-state index in [0.29, 0.717) is 13.0 Å². The predicted molar refractivity (Wildman–Crippen MR) is 71.6 cm³/mol. The number of carbonyl (C=O) groups is 1. The molecule has 0 aliphatic rings. The largest absolute Gasteiger partial charge is 0.466 e. The highest BCUT2D eigenvalue weighted by atomic mass is 16.3.